The molecule has 1 aliphatic heterocycles. The van der Waals surface area contributed by atoms with Crippen LogP contribution in [0.3, 0.4) is 0 Å². The van der Waals surface area contributed by atoms with E-state index in [2.05, 4.69) is 17.3 Å². The minimum absolute atomic E-state index is 0.187. The standard InChI is InChI=1S/C20H18N2O5/c23-16(24)9-27-11-3-1-10(2-4-11)8-21-22-19(25)17-12-5-6-13(15-7-14(12)15)18(17)20(22)26/h1-6,8,12-15,17-18H,7,9H2,(H,23,24)/b21-8-/t12-,13-,14-,15+,17+,18+/m0/s1. The molecule has 27 heavy (non-hydrogen) atoms. The third-order valence-electron chi connectivity index (χ3n) is 6.20. The van der Waals surface area contributed by atoms with E-state index in [4.69, 9.17) is 9.84 Å². The van der Waals surface area contributed by atoms with Crippen molar-refractivity contribution in [3.8, 4) is 5.75 Å². The van der Waals surface area contributed by atoms with Gasteiger partial charge in [0.05, 0.1) is 18.1 Å². The van der Waals surface area contributed by atoms with Gasteiger partial charge in [-0.25, -0.2) is 4.79 Å². The molecule has 6 rings (SSSR count). The van der Waals surface area contributed by atoms with Gasteiger partial charge < -0.3 is 9.84 Å². The molecule has 4 aliphatic carbocycles. The molecule has 1 heterocycles. The Kier molecular flexibility index (Phi) is 3.47. The highest BCUT2D eigenvalue weighted by atomic mass is 16.5. The summed E-state index contributed by atoms with van der Waals surface area (Å²) in [6, 6.07) is 6.63. The van der Waals surface area contributed by atoms with E-state index in [1.165, 1.54) is 6.21 Å². The number of hydrazone groups is 1. The summed E-state index contributed by atoms with van der Waals surface area (Å²) in [6.07, 6.45) is 6.88. The van der Waals surface area contributed by atoms with E-state index in [0.29, 0.717) is 23.1 Å². The fourth-order valence-electron chi connectivity index (χ4n) is 4.97. The van der Waals surface area contributed by atoms with Gasteiger partial charge in [-0.15, -0.1) is 0 Å². The van der Waals surface area contributed by atoms with E-state index in [9.17, 15) is 14.4 Å². The Hall–Kier alpha value is -2.96. The van der Waals surface area contributed by atoms with Crippen molar-refractivity contribution >= 4 is 24.0 Å². The first-order valence-corrected chi connectivity index (χ1v) is 9.09. The third-order valence-corrected chi connectivity index (χ3v) is 6.20. The normalized spacial score (nSPS) is 35.5. The molecule has 3 fully saturated rings. The van der Waals surface area contributed by atoms with Crippen molar-refractivity contribution in [2.75, 3.05) is 6.61 Å². The molecule has 2 bridgehead atoms. The van der Waals surface area contributed by atoms with Gasteiger partial charge >= 0.3 is 5.97 Å². The van der Waals surface area contributed by atoms with Crippen molar-refractivity contribution in [2.45, 2.75) is 6.42 Å². The van der Waals surface area contributed by atoms with Crippen LogP contribution in [0.15, 0.2) is 41.5 Å². The van der Waals surface area contributed by atoms with Gasteiger partial charge in [0, 0.05) is 0 Å². The summed E-state index contributed by atoms with van der Waals surface area (Å²) in [7, 11) is 0. The summed E-state index contributed by atoms with van der Waals surface area (Å²) < 4.78 is 5.07. The average molecular weight is 366 g/mol. The zero-order chi connectivity index (χ0) is 18.7. The number of aliphatic carboxylic acids is 1. The predicted molar refractivity (Wildman–Crippen MR) is 93.7 cm³/mol. The second-order valence-electron chi connectivity index (χ2n) is 7.64. The fourth-order valence-corrected chi connectivity index (χ4v) is 4.97. The number of carboxylic acid groups (broad SMARTS) is 1. The van der Waals surface area contributed by atoms with Crippen LogP contribution in [0.5, 0.6) is 5.75 Å². The monoisotopic (exact) mass is 366 g/mol. The largest absolute Gasteiger partial charge is 0.482 e. The molecule has 2 amide bonds. The minimum atomic E-state index is -1.05. The summed E-state index contributed by atoms with van der Waals surface area (Å²) in [5.74, 6) is 0.0188. The summed E-state index contributed by atoms with van der Waals surface area (Å²) in [4.78, 5) is 36.1. The van der Waals surface area contributed by atoms with Crippen molar-refractivity contribution in [3.05, 3.63) is 42.0 Å². The maximum absolute atomic E-state index is 12.8. The summed E-state index contributed by atoms with van der Waals surface area (Å²) in [6.45, 7) is -0.411. The topological polar surface area (TPSA) is 96.3 Å². The highest BCUT2D eigenvalue weighted by Gasteiger charge is 2.67. The van der Waals surface area contributed by atoms with Crippen LogP contribution >= 0.6 is 0 Å². The molecule has 7 nitrogen and oxygen atoms in total. The molecule has 0 unspecified atom stereocenters. The minimum Gasteiger partial charge on any atom is -0.482 e. The first-order valence-electron chi connectivity index (χ1n) is 9.09. The van der Waals surface area contributed by atoms with Crippen LogP contribution in [0.1, 0.15) is 12.0 Å². The molecule has 6 atom stereocenters. The first kappa shape index (κ1) is 16.2. The highest BCUT2D eigenvalue weighted by molar-refractivity contribution is 6.06. The number of rotatable bonds is 5. The first-order chi connectivity index (χ1) is 13.0. The van der Waals surface area contributed by atoms with Crippen molar-refractivity contribution in [1.82, 2.24) is 5.01 Å². The number of nitrogens with zero attached hydrogens (tertiary/aromatic N) is 2. The average Bonchev–Trinajstić information content (AvgIpc) is 3.45. The number of allylic oxidation sites excluding steroid dienone is 2. The highest BCUT2D eigenvalue weighted by Crippen LogP contribution is 2.65. The Morgan fingerprint density at radius 2 is 1.70 bits per heavy atom. The van der Waals surface area contributed by atoms with E-state index >= 15 is 0 Å². The van der Waals surface area contributed by atoms with Crippen molar-refractivity contribution in [3.63, 3.8) is 0 Å². The Morgan fingerprint density at radius 3 is 2.26 bits per heavy atom. The van der Waals surface area contributed by atoms with E-state index in [-0.39, 0.29) is 35.5 Å². The maximum atomic E-state index is 12.8. The van der Waals surface area contributed by atoms with Gasteiger partial charge in [-0.2, -0.15) is 10.1 Å². The van der Waals surface area contributed by atoms with E-state index in [1.54, 1.807) is 24.3 Å². The van der Waals surface area contributed by atoms with Gasteiger partial charge in [0.15, 0.2) is 6.61 Å². The number of ether oxygens (including phenoxy) is 1. The molecular weight excluding hydrogens is 348 g/mol. The molecule has 1 aromatic carbocycles. The lowest BCUT2D eigenvalue weighted by atomic mass is 9.63. The second-order valence-corrected chi connectivity index (χ2v) is 7.64. The smallest absolute Gasteiger partial charge is 0.341 e. The SMILES string of the molecule is O=C(O)COc1ccc(/C=N\N2C(=O)[C@@H]3[C@H]4C=C[C@@H]([C@@H]5C[C@H]45)[C@H]3C2=O)cc1. The molecule has 7 heteroatoms. The number of hydrogen-bond acceptors (Lipinski definition) is 5. The molecule has 2 saturated carbocycles. The van der Waals surface area contributed by atoms with E-state index in [1.807, 2.05) is 0 Å². The molecule has 0 spiro atoms. The van der Waals surface area contributed by atoms with Crippen LogP contribution < -0.4 is 4.74 Å². The van der Waals surface area contributed by atoms with Gasteiger partial charge in [-0.3, -0.25) is 9.59 Å². The molecule has 1 saturated heterocycles. The quantitative estimate of drug-likeness (QED) is 0.484. The van der Waals surface area contributed by atoms with Crippen molar-refractivity contribution in [1.29, 1.82) is 0 Å². The van der Waals surface area contributed by atoms with Crippen LogP contribution in [0.25, 0.3) is 0 Å². The third kappa shape index (κ3) is 2.49. The number of imide groups is 1. The number of carboxylic acids is 1. The van der Waals surface area contributed by atoms with Crippen LogP contribution in [0, 0.1) is 35.5 Å². The lowest BCUT2D eigenvalue weighted by molar-refractivity contribution is -0.141. The zero-order valence-electron chi connectivity index (χ0n) is 14.4. The molecule has 5 aliphatic rings. The molecule has 1 aromatic rings. The lowest BCUT2D eigenvalue weighted by Crippen LogP contribution is -2.40. The Morgan fingerprint density at radius 1 is 1.11 bits per heavy atom. The van der Waals surface area contributed by atoms with Crippen molar-refractivity contribution in [2.24, 2.45) is 40.6 Å². The Balaban J connectivity index is 1.31. The summed E-state index contributed by atoms with van der Waals surface area (Å²) in [5, 5.41) is 13.8. The lowest BCUT2D eigenvalue weighted by Gasteiger charge is -2.37. The molecule has 138 valence electrons. The fraction of sp³-hybridized carbons (Fsp3) is 0.400. The van der Waals surface area contributed by atoms with Crippen LogP contribution in [-0.2, 0) is 14.4 Å². The van der Waals surface area contributed by atoms with E-state index < -0.39 is 12.6 Å². The van der Waals surface area contributed by atoms with Gasteiger partial charge in [-0.1, -0.05) is 12.2 Å². The zero-order valence-corrected chi connectivity index (χ0v) is 14.4. The van der Waals surface area contributed by atoms with E-state index in [0.717, 1.165) is 11.4 Å². The van der Waals surface area contributed by atoms with Crippen molar-refractivity contribution < 1.29 is 24.2 Å². The molecule has 0 aromatic heterocycles. The molecule has 1 N–H and O–H groups in total. The maximum Gasteiger partial charge on any atom is 0.341 e. The van der Waals surface area contributed by atoms with Gasteiger partial charge in [0.25, 0.3) is 11.8 Å². The predicted octanol–water partition coefficient (Wildman–Crippen LogP) is 1.54. The number of carbonyl (C=O) groups excluding carboxylic acids is 2. The van der Waals surface area contributed by atoms with Crippen LogP contribution in [-0.4, -0.2) is 40.7 Å². The number of hydrogen-bond donors (Lipinski definition) is 1. The summed E-state index contributed by atoms with van der Waals surface area (Å²) >= 11 is 0. The van der Waals surface area contributed by atoms with Crippen LogP contribution in [0.4, 0.5) is 0 Å². The van der Waals surface area contributed by atoms with Crippen LogP contribution in [0.2, 0.25) is 0 Å². The summed E-state index contributed by atoms with van der Waals surface area (Å²) in [5.41, 5.74) is 0.692. The van der Waals surface area contributed by atoms with Gasteiger partial charge in [0.2, 0.25) is 0 Å². The second kappa shape index (κ2) is 5.77. The molecule has 0 radical (unpaired) electrons. The molecular formula is C20H18N2O5. The van der Waals surface area contributed by atoms with Gasteiger partial charge in [-0.05, 0) is 59.9 Å². The number of benzene rings is 1. The van der Waals surface area contributed by atoms with Gasteiger partial charge in [0.1, 0.15) is 5.75 Å². The Bertz CT molecular complexity index is 854. The number of amides is 2. The number of carbonyl (C=O) groups is 3. The Labute approximate surface area is 155 Å².